The standard InChI is InChI=1S/C5H8N3O/c9-8-2-1-5-3-6-4-7-5/h3-4,8H,1-2H2,(H,6,7)/q-1. The van der Waals surface area contributed by atoms with Crippen molar-refractivity contribution in [1.82, 2.24) is 15.4 Å². The number of hydrogen-bond acceptors (Lipinski definition) is 3. The molecule has 1 heterocycles. The third-order valence-corrected chi connectivity index (χ3v) is 1.05. The monoisotopic (exact) mass is 126 g/mol. The molecule has 0 aliphatic rings. The third kappa shape index (κ3) is 1.83. The second-order valence-corrected chi connectivity index (χ2v) is 1.72. The lowest BCUT2D eigenvalue weighted by atomic mass is 10.3. The summed E-state index contributed by atoms with van der Waals surface area (Å²) in [6.07, 6.45) is 4.01. The van der Waals surface area contributed by atoms with Crippen molar-refractivity contribution >= 4 is 0 Å². The van der Waals surface area contributed by atoms with E-state index in [1.54, 1.807) is 12.5 Å². The lowest BCUT2D eigenvalue weighted by Gasteiger charge is -2.03. The number of nitrogens with zero attached hydrogens (tertiary/aromatic N) is 1. The van der Waals surface area contributed by atoms with Gasteiger partial charge in [0.2, 0.25) is 0 Å². The summed E-state index contributed by atoms with van der Waals surface area (Å²) in [5.74, 6) is 0. The van der Waals surface area contributed by atoms with Crippen molar-refractivity contribution in [2.24, 2.45) is 0 Å². The van der Waals surface area contributed by atoms with Crippen LogP contribution in [0, 0.1) is 5.21 Å². The summed E-state index contributed by atoms with van der Waals surface area (Å²) in [6.45, 7) is 0.447. The fourth-order valence-electron chi connectivity index (χ4n) is 0.607. The van der Waals surface area contributed by atoms with Gasteiger partial charge in [-0.2, -0.15) is 0 Å². The number of aromatic amines is 1. The fourth-order valence-corrected chi connectivity index (χ4v) is 0.607. The molecule has 4 heteroatoms. The maximum Gasteiger partial charge on any atom is 0.0921 e. The van der Waals surface area contributed by atoms with Crippen molar-refractivity contribution in [3.63, 3.8) is 0 Å². The van der Waals surface area contributed by atoms with E-state index in [2.05, 4.69) is 9.97 Å². The molecule has 0 fully saturated rings. The first-order valence-corrected chi connectivity index (χ1v) is 2.75. The van der Waals surface area contributed by atoms with Gasteiger partial charge in [-0.25, -0.2) is 4.98 Å². The molecule has 0 aliphatic heterocycles. The molecular formula is C5H8N3O-. The second-order valence-electron chi connectivity index (χ2n) is 1.72. The van der Waals surface area contributed by atoms with E-state index in [0.717, 1.165) is 5.69 Å². The summed E-state index contributed by atoms with van der Waals surface area (Å²) >= 11 is 0. The van der Waals surface area contributed by atoms with E-state index in [1.807, 2.05) is 5.48 Å². The minimum atomic E-state index is 0.447. The van der Waals surface area contributed by atoms with Gasteiger partial charge in [-0.1, -0.05) is 0 Å². The van der Waals surface area contributed by atoms with Crippen molar-refractivity contribution in [1.29, 1.82) is 0 Å². The zero-order valence-corrected chi connectivity index (χ0v) is 4.92. The number of hydrogen-bond donors (Lipinski definition) is 2. The van der Waals surface area contributed by atoms with Crippen LogP contribution in [0.1, 0.15) is 5.69 Å². The Morgan fingerprint density at radius 3 is 3.22 bits per heavy atom. The van der Waals surface area contributed by atoms with E-state index in [0.29, 0.717) is 13.0 Å². The van der Waals surface area contributed by atoms with Crippen molar-refractivity contribution in [2.75, 3.05) is 6.54 Å². The summed E-state index contributed by atoms with van der Waals surface area (Å²) in [5.41, 5.74) is 2.79. The molecule has 0 aliphatic carbocycles. The molecule has 0 radical (unpaired) electrons. The number of rotatable bonds is 3. The molecule has 0 bridgehead atoms. The Labute approximate surface area is 52.9 Å². The lowest BCUT2D eigenvalue weighted by molar-refractivity contribution is 0.820. The minimum absolute atomic E-state index is 0.447. The topological polar surface area (TPSA) is 63.8 Å². The highest BCUT2D eigenvalue weighted by Gasteiger charge is 1.87. The summed E-state index contributed by atoms with van der Waals surface area (Å²) in [4.78, 5) is 6.67. The fraction of sp³-hybridized carbons (Fsp3) is 0.400. The van der Waals surface area contributed by atoms with Crippen molar-refractivity contribution < 1.29 is 0 Å². The number of hydroxylamine groups is 1. The molecule has 9 heavy (non-hydrogen) atoms. The number of aromatic nitrogens is 2. The van der Waals surface area contributed by atoms with E-state index in [-0.39, 0.29) is 0 Å². The van der Waals surface area contributed by atoms with E-state index in [9.17, 15) is 5.21 Å². The zero-order chi connectivity index (χ0) is 6.53. The highest BCUT2D eigenvalue weighted by atomic mass is 16.5. The number of imidazole rings is 1. The number of nitrogens with one attached hydrogen (secondary N) is 2. The first-order valence-electron chi connectivity index (χ1n) is 2.75. The van der Waals surface area contributed by atoms with Gasteiger partial charge in [-0.05, 0) is 6.54 Å². The Hall–Kier alpha value is -0.870. The van der Waals surface area contributed by atoms with E-state index < -0.39 is 0 Å². The summed E-state index contributed by atoms with van der Waals surface area (Å²) in [7, 11) is 0. The summed E-state index contributed by atoms with van der Waals surface area (Å²) in [6, 6.07) is 0. The van der Waals surface area contributed by atoms with Crippen molar-refractivity contribution in [3.8, 4) is 0 Å². The normalized spacial score (nSPS) is 9.89. The number of H-pyrrole nitrogens is 1. The molecule has 1 aromatic heterocycles. The molecule has 1 aromatic rings. The van der Waals surface area contributed by atoms with E-state index in [4.69, 9.17) is 0 Å². The highest BCUT2D eigenvalue weighted by Crippen LogP contribution is 1.89. The maximum absolute atomic E-state index is 9.74. The van der Waals surface area contributed by atoms with Crippen LogP contribution in [0.2, 0.25) is 0 Å². The SMILES string of the molecule is [O-]NCCc1cnc[nH]1. The Morgan fingerprint density at radius 1 is 1.78 bits per heavy atom. The molecular weight excluding hydrogens is 118 g/mol. The Bertz CT molecular complexity index is 149. The van der Waals surface area contributed by atoms with E-state index >= 15 is 0 Å². The molecule has 0 amide bonds. The van der Waals surface area contributed by atoms with Crippen LogP contribution in [-0.4, -0.2) is 16.5 Å². The third-order valence-electron chi connectivity index (χ3n) is 1.05. The van der Waals surface area contributed by atoms with Gasteiger partial charge in [-0.15, -0.1) is 0 Å². The molecule has 2 N–H and O–H groups in total. The first-order chi connectivity index (χ1) is 4.43. The molecule has 0 saturated carbocycles. The average Bonchev–Trinajstić information content (AvgIpc) is 2.34. The Kier molecular flexibility index (Phi) is 2.23. The molecule has 50 valence electrons. The molecule has 1 rings (SSSR count). The largest absolute Gasteiger partial charge is 0.788 e. The lowest BCUT2D eigenvalue weighted by Crippen LogP contribution is -2.08. The predicted octanol–water partition coefficient (Wildman–Crippen LogP) is 0.0396. The van der Waals surface area contributed by atoms with Gasteiger partial charge < -0.3 is 15.7 Å². The highest BCUT2D eigenvalue weighted by molar-refractivity contribution is 4.94. The average molecular weight is 126 g/mol. The van der Waals surface area contributed by atoms with Gasteiger partial charge in [0.05, 0.1) is 6.33 Å². The molecule has 0 spiro atoms. The van der Waals surface area contributed by atoms with Gasteiger partial charge in [0.25, 0.3) is 0 Å². The Morgan fingerprint density at radius 2 is 2.67 bits per heavy atom. The molecule has 0 unspecified atom stereocenters. The van der Waals surface area contributed by atoms with E-state index in [1.165, 1.54) is 0 Å². The zero-order valence-electron chi connectivity index (χ0n) is 4.92. The summed E-state index contributed by atoms with van der Waals surface area (Å²) < 4.78 is 0. The second kappa shape index (κ2) is 3.21. The van der Waals surface area contributed by atoms with Gasteiger partial charge in [0.1, 0.15) is 0 Å². The van der Waals surface area contributed by atoms with Crippen LogP contribution in [-0.2, 0) is 6.42 Å². The van der Waals surface area contributed by atoms with Crippen LogP contribution in [0.4, 0.5) is 0 Å². The van der Waals surface area contributed by atoms with Crippen LogP contribution in [0.25, 0.3) is 0 Å². The minimum Gasteiger partial charge on any atom is -0.788 e. The van der Waals surface area contributed by atoms with Crippen LogP contribution >= 0.6 is 0 Å². The van der Waals surface area contributed by atoms with Crippen molar-refractivity contribution in [2.45, 2.75) is 6.42 Å². The van der Waals surface area contributed by atoms with Crippen molar-refractivity contribution in [3.05, 3.63) is 23.4 Å². The molecule has 0 aromatic carbocycles. The van der Waals surface area contributed by atoms with Crippen LogP contribution in [0.5, 0.6) is 0 Å². The molecule has 4 nitrogen and oxygen atoms in total. The summed E-state index contributed by atoms with van der Waals surface area (Å²) in [5, 5.41) is 9.74. The van der Waals surface area contributed by atoms with Crippen LogP contribution < -0.4 is 5.48 Å². The molecule has 0 saturated heterocycles. The maximum atomic E-state index is 9.74. The smallest absolute Gasteiger partial charge is 0.0921 e. The van der Waals surface area contributed by atoms with Gasteiger partial charge in [0.15, 0.2) is 0 Å². The van der Waals surface area contributed by atoms with Gasteiger partial charge >= 0.3 is 0 Å². The quantitative estimate of drug-likeness (QED) is 0.562. The molecule has 0 atom stereocenters. The van der Waals surface area contributed by atoms with Gasteiger partial charge in [0, 0.05) is 18.3 Å². The Balaban J connectivity index is 2.30. The van der Waals surface area contributed by atoms with Crippen LogP contribution in [0.15, 0.2) is 12.5 Å². The van der Waals surface area contributed by atoms with Crippen LogP contribution in [0.3, 0.4) is 0 Å². The first kappa shape index (κ1) is 6.25. The van der Waals surface area contributed by atoms with Gasteiger partial charge in [-0.3, -0.25) is 0 Å². The predicted molar refractivity (Wildman–Crippen MR) is 33.7 cm³/mol.